The molecular formula is C32H44N2O6. The summed E-state index contributed by atoms with van der Waals surface area (Å²) in [6, 6.07) is 9.19. The molecular weight excluding hydrogens is 508 g/mol. The Morgan fingerprint density at radius 3 is 2.38 bits per heavy atom. The Morgan fingerprint density at radius 2 is 1.80 bits per heavy atom. The third-order valence-corrected chi connectivity index (χ3v) is 8.88. The van der Waals surface area contributed by atoms with Crippen molar-refractivity contribution in [3.63, 3.8) is 0 Å². The molecule has 0 spiro atoms. The molecule has 218 valence electrons. The number of amides is 1. The van der Waals surface area contributed by atoms with Crippen LogP contribution in [0.3, 0.4) is 0 Å². The molecule has 8 heteroatoms. The van der Waals surface area contributed by atoms with Gasteiger partial charge >= 0.3 is 11.9 Å². The summed E-state index contributed by atoms with van der Waals surface area (Å²) in [6.45, 7) is 10.9. The van der Waals surface area contributed by atoms with Gasteiger partial charge in [0.25, 0.3) is 0 Å². The maximum atomic E-state index is 14.2. The van der Waals surface area contributed by atoms with Gasteiger partial charge in [-0.3, -0.25) is 24.1 Å². The summed E-state index contributed by atoms with van der Waals surface area (Å²) in [6.07, 6.45) is 5.94. The van der Waals surface area contributed by atoms with Crippen molar-refractivity contribution in [3.8, 4) is 0 Å². The number of Topliss-reactive ketones (excluding diaryl/α,β-unsaturated/α-hetero) is 1. The zero-order valence-electron chi connectivity index (χ0n) is 24.4. The number of hydrogen-bond donors (Lipinski definition) is 0. The Balaban J connectivity index is 1.56. The number of esters is 2. The fourth-order valence-electron chi connectivity index (χ4n) is 6.33. The average Bonchev–Trinajstić information content (AvgIpc) is 3.20. The van der Waals surface area contributed by atoms with Gasteiger partial charge in [-0.15, -0.1) is 6.58 Å². The highest BCUT2D eigenvalue weighted by Gasteiger charge is 2.61. The van der Waals surface area contributed by atoms with Gasteiger partial charge in [0.05, 0.1) is 31.5 Å². The van der Waals surface area contributed by atoms with Crippen LogP contribution in [0.2, 0.25) is 0 Å². The molecule has 40 heavy (non-hydrogen) atoms. The molecule has 1 heterocycles. The van der Waals surface area contributed by atoms with Crippen molar-refractivity contribution in [2.45, 2.75) is 84.4 Å². The van der Waals surface area contributed by atoms with Crippen LogP contribution in [-0.2, 0) is 35.2 Å². The number of benzene rings is 1. The minimum Gasteiger partial charge on any atom is -0.469 e. The summed E-state index contributed by atoms with van der Waals surface area (Å²) in [5, 5.41) is 0. The topological polar surface area (TPSA) is 93.2 Å². The molecule has 0 N–H and O–H groups in total. The first-order chi connectivity index (χ1) is 19.0. The van der Waals surface area contributed by atoms with Crippen LogP contribution >= 0.6 is 0 Å². The standard InChI is InChI=1S/C32H44N2O6/c1-6-23-17-32(23,30(38)39-5)18-27(35)26-20-33(19-22-12-8-7-9-13-22)21-34(26)29(37)25(31(2,3)4)16-28(36)40-24-14-10-11-15-24/h6-9,12-13,23-26H,1,10-11,14-21H2,2-5H3/t23-,25-,26+,32-/m1/s1. The maximum absolute atomic E-state index is 14.2. The van der Waals surface area contributed by atoms with Crippen LogP contribution in [0.4, 0.5) is 0 Å². The number of ketones is 1. The molecule has 8 nitrogen and oxygen atoms in total. The van der Waals surface area contributed by atoms with Crippen molar-refractivity contribution < 1.29 is 28.7 Å². The summed E-state index contributed by atoms with van der Waals surface area (Å²) in [5.74, 6) is -1.94. The molecule has 3 aliphatic rings. The van der Waals surface area contributed by atoms with Gasteiger partial charge in [-0.05, 0) is 49.0 Å². The third-order valence-electron chi connectivity index (χ3n) is 8.88. The van der Waals surface area contributed by atoms with Crippen LogP contribution in [-0.4, -0.2) is 65.9 Å². The molecule has 1 aliphatic heterocycles. The molecule has 1 aromatic rings. The Labute approximate surface area is 238 Å². The second-order valence-electron chi connectivity index (χ2n) is 12.8. The van der Waals surface area contributed by atoms with Crippen molar-refractivity contribution in [2.75, 3.05) is 20.3 Å². The van der Waals surface area contributed by atoms with E-state index in [9.17, 15) is 19.2 Å². The van der Waals surface area contributed by atoms with Crippen molar-refractivity contribution >= 4 is 23.6 Å². The van der Waals surface area contributed by atoms with E-state index in [1.807, 2.05) is 51.1 Å². The molecule has 4 rings (SSSR count). The predicted molar refractivity (Wildman–Crippen MR) is 151 cm³/mol. The lowest BCUT2D eigenvalue weighted by molar-refractivity contribution is -0.156. The van der Waals surface area contributed by atoms with Crippen LogP contribution in [0.1, 0.15) is 71.3 Å². The fourth-order valence-corrected chi connectivity index (χ4v) is 6.33. The number of carbonyl (C=O) groups is 4. The SMILES string of the molecule is C=C[C@@H]1C[C@]1(CC(=O)[C@@H]1CN(Cc2ccccc2)CN1C(=O)[C@@H](CC(=O)OC1CCCC1)C(C)(C)C)C(=O)OC. The van der Waals surface area contributed by atoms with Crippen LogP contribution in [0.25, 0.3) is 0 Å². The summed E-state index contributed by atoms with van der Waals surface area (Å²) < 4.78 is 10.8. The zero-order valence-corrected chi connectivity index (χ0v) is 24.4. The van der Waals surface area contributed by atoms with Crippen LogP contribution < -0.4 is 0 Å². The van der Waals surface area contributed by atoms with Gasteiger partial charge in [0.2, 0.25) is 5.91 Å². The molecule has 1 saturated heterocycles. The zero-order chi connectivity index (χ0) is 29.1. The van der Waals surface area contributed by atoms with E-state index in [0.29, 0.717) is 19.5 Å². The van der Waals surface area contributed by atoms with E-state index in [0.717, 1.165) is 31.2 Å². The second kappa shape index (κ2) is 12.2. The lowest BCUT2D eigenvalue weighted by atomic mass is 9.77. The molecule has 2 aliphatic carbocycles. The van der Waals surface area contributed by atoms with E-state index < -0.39 is 28.8 Å². The molecule has 1 aromatic carbocycles. The average molecular weight is 553 g/mol. The van der Waals surface area contributed by atoms with Gasteiger partial charge < -0.3 is 14.4 Å². The van der Waals surface area contributed by atoms with E-state index in [4.69, 9.17) is 9.47 Å². The van der Waals surface area contributed by atoms with Gasteiger partial charge in [0.15, 0.2) is 5.78 Å². The number of nitrogens with zero attached hydrogens (tertiary/aromatic N) is 2. The van der Waals surface area contributed by atoms with Crippen molar-refractivity contribution in [2.24, 2.45) is 22.7 Å². The first kappa shape index (κ1) is 30.0. The summed E-state index contributed by atoms with van der Waals surface area (Å²) in [7, 11) is 1.33. The predicted octanol–water partition coefficient (Wildman–Crippen LogP) is 4.52. The number of allylic oxidation sites excluding steroid dienone is 1. The third kappa shape index (κ3) is 6.65. The van der Waals surface area contributed by atoms with Gasteiger partial charge in [0.1, 0.15) is 12.1 Å². The molecule has 0 bridgehead atoms. The molecule has 0 aromatic heterocycles. The lowest BCUT2D eigenvalue weighted by Gasteiger charge is -2.34. The lowest BCUT2D eigenvalue weighted by Crippen LogP contribution is -2.48. The van der Waals surface area contributed by atoms with Crippen LogP contribution in [0.15, 0.2) is 43.0 Å². The highest BCUT2D eigenvalue weighted by atomic mass is 16.5. The summed E-state index contributed by atoms with van der Waals surface area (Å²) in [5.41, 5.74) is -0.358. The highest BCUT2D eigenvalue weighted by molar-refractivity contribution is 5.96. The molecule has 2 saturated carbocycles. The van der Waals surface area contributed by atoms with Gasteiger partial charge in [0, 0.05) is 19.5 Å². The highest BCUT2D eigenvalue weighted by Crippen LogP contribution is 2.57. The van der Waals surface area contributed by atoms with E-state index in [-0.39, 0.29) is 49.2 Å². The molecule has 0 unspecified atom stereocenters. The minimum atomic E-state index is -0.913. The van der Waals surface area contributed by atoms with Crippen LogP contribution in [0, 0.1) is 22.7 Å². The van der Waals surface area contributed by atoms with E-state index in [1.165, 1.54) is 7.11 Å². The van der Waals surface area contributed by atoms with Gasteiger partial charge in [-0.1, -0.05) is 57.2 Å². The largest absolute Gasteiger partial charge is 0.469 e. The molecule has 3 fully saturated rings. The van der Waals surface area contributed by atoms with Crippen LogP contribution in [0.5, 0.6) is 0 Å². The van der Waals surface area contributed by atoms with Crippen molar-refractivity contribution in [3.05, 3.63) is 48.6 Å². The summed E-state index contributed by atoms with van der Waals surface area (Å²) >= 11 is 0. The minimum absolute atomic E-state index is 0.00606. The second-order valence-corrected chi connectivity index (χ2v) is 12.8. The van der Waals surface area contributed by atoms with E-state index in [1.54, 1.807) is 11.0 Å². The number of rotatable bonds is 11. The van der Waals surface area contributed by atoms with Crippen molar-refractivity contribution in [1.29, 1.82) is 0 Å². The number of ether oxygens (including phenoxy) is 2. The van der Waals surface area contributed by atoms with E-state index in [2.05, 4.69) is 11.5 Å². The number of hydrogen-bond acceptors (Lipinski definition) is 7. The van der Waals surface area contributed by atoms with Crippen molar-refractivity contribution in [1.82, 2.24) is 9.80 Å². The quantitative estimate of drug-likeness (QED) is 0.294. The number of carbonyl (C=O) groups excluding carboxylic acids is 4. The smallest absolute Gasteiger partial charge is 0.312 e. The first-order valence-corrected chi connectivity index (χ1v) is 14.5. The summed E-state index contributed by atoms with van der Waals surface area (Å²) in [4.78, 5) is 57.4. The Kier molecular flexibility index (Phi) is 9.18. The molecule has 1 amide bonds. The van der Waals surface area contributed by atoms with Gasteiger partial charge in [-0.25, -0.2) is 0 Å². The number of methoxy groups -OCH3 is 1. The molecule has 4 atom stereocenters. The van der Waals surface area contributed by atoms with Gasteiger partial charge in [-0.2, -0.15) is 0 Å². The first-order valence-electron chi connectivity index (χ1n) is 14.5. The Bertz CT molecular complexity index is 1110. The molecule has 0 radical (unpaired) electrons. The Morgan fingerprint density at radius 1 is 1.12 bits per heavy atom. The maximum Gasteiger partial charge on any atom is 0.312 e. The monoisotopic (exact) mass is 552 g/mol. The normalized spacial score (nSPS) is 25.9. The van der Waals surface area contributed by atoms with E-state index >= 15 is 0 Å². The fraction of sp³-hybridized carbons (Fsp3) is 0.625. The Hall–Kier alpha value is -3.00.